The van der Waals surface area contributed by atoms with Gasteiger partial charge in [0.1, 0.15) is 5.82 Å². The predicted octanol–water partition coefficient (Wildman–Crippen LogP) is 1.41. The van der Waals surface area contributed by atoms with Gasteiger partial charge in [0.25, 0.3) is 0 Å². The number of unbranched alkanes of at least 4 members (excludes halogenated alkanes) is 2. The van der Waals surface area contributed by atoms with Crippen molar-refractivity contribution in [2.75, 3.05) is 7.05 Å². The largest absolute Gasteiger partial charge is 0.384 e. The van der Waals surface area contributed by atoms with Crippen molar-refractivity contribution in [3.63, 3.8) is 0 Å². The third-order valence-corrected chi connectivity index (χ3v) is 2.42. The van der Waals surface area contributed by atoms with Gasteiger partial charge in [-0.15, -0.1) is 0 Å². The number of nitrogens with zero attached hydrogens (tertiary/aromatic N) is 2. The fraction of sp³-hybridized carbons (Fsp3) is 0.667. The molecule has 0 radical (unpaired) electrons. The summed E-state index contributed by atoms with van der Waals surface area (Å²) < 4.78 is 0. The topological polar surface area (TPSA) is 84.7 Å². The van der Waals surface area contributed by atoms with Crippen LogP contribution >= 0.6 is 0 Å². The van der Waals surface area contributed by atoms with E-state index in [0.717, 1.165) is 12.5 Å². The summed E-state index contributed by atoms with van der Waals surface area (Å²) in [6.45, 7) is 4.29. The quantitative estimate of drug-likeness (QED) is 0.291. The number of primary amides is 1. The molecule has 17 heavy (non-hydrogen) atoms. The van der Waals surface area contributed by atoms with Crippen LogP contribution in [0.1, 0.15) is 39.5 Å². The normalized spacial score (nSPS) is 13.9. The summed E-state index contributed by atoms with van der Waals surface area (Å²) in [5, 5.41) is 5.61. The van der Waals surface area contributed by atoms with Gasteiger partial charge < -0.3 is 11.5 Å². The molecule has 0 aromatic carbocycles. The molecule has 0 aromatic rings. The highest BCUT2D eigenvalue weighted by molar-refractivity contribution is 5.86. The minimum atomic E-state index is -0.569. The van der Waals surface area contributed by atoms with E-state index in [-0.39, 0.29) is 5.82 Å². The van der Waals surface area contributed by atoms with Crippen molar-refractivity contribution in [2.24, 2.45) is 22.5 Å². The van der Waals surface area contributed by atoms with E-state index in [1.165, 1.54) is 24.3 Å². The van der Waals surface area contributed by atoms with Crippen LogP contribution in [0, 0.1) is 5.92 Å². The Labute approximate surface area is 104 Å². The molecule has 1 amide bonds. The highest BCUT2D eigenvalue weighted by atomic mass is 16.1. The fourth-order valence-electron chi connectivity index (χ4n) is 1.31. The molecule has 0 aromatic heterocycles. The van der Waals surface area contributed by atoms with E-state index in [1.54, 1.807) is 7.05 Å². The van der Waals surface area contributed by atoms with Gasteiger partial charge in [-0.25, -0.2) is 0 Å². The molecule has 5 nitrogen and oxygen atoms in total. The number of amides is 1. The van der Waals surface area contributed by atoms with Gasteiger partial charge in [0.05, 0.1) is 0 Å². The Bertz CT molecular complexity index is 286. The first kappa shape index (κ1) is 15.5. The lowest BCUT2D eigenvalue weighted by Crippen LogP contribution is -2.22. The van der Waals surface area contributed by atoms with Crippen molar-refractivity contribution in [1.82, 2.24) is 5.01 Å². The van der Waals surface area contributed by atoms with E-state index in [2.05, 4.69) is 18.9 Å². The van der Waals surface area contributed by atoms with Crippen molar-refractivity contribution in [3.05, 3.63) is 11.9 Å². The molecular formula is C12H24N4O. The lowest BCUT2D eigenvalue weighted by atomic mass is 10.1. The van der Waals surface area contributed by atoms with Crippen LogP contribution in [-0.2, 0) is 4.79 Å². The van der Waals surface area contributed by atoms with E-state index < -0.39 is 5.91 Å². The number of hydrogen-bond acceptors (Lipinski definition) is 4. The molecule has 98 valence electrons. The van der Waals surface area contributed by atoms with E-state index in [4.69, 9.17) is 11.5 Å². The molecule has 5 heteroatoms. The highest BCUT2D eigenvalue weighted by Gasteiger charge is 2.01. The Morgan fingerprint density at radius 3 is 2.59 bits per heavy atom. The average Bonchev–Trinajstić information content (AvgIpc) is 2.25. The molecule has 0 bridgehead atoms. The third kappa shape index (κ3) is 8.30. The predicted molar refractivity (Wildman–Crippen MR) is 71.0 cm³/mol. The smallest absolute Gasteiger partial charge is 0.245 e. The minimum absolute atomic E-state index is 0.245. The van der Waals surface area contributed by atoms with Crippen LogP contribution in [0.25, 0.3) is 0 Å². The number of rotatable bonds is 8. The molecule has 0 fully saturated rings. The Morgan fingerprint density at radius 2 is 2.06 bits per heavy atom. The standard InChI is InChI=1S/C12H24N4O/c1-4-5-6-7-10(2)9-15-16(3)11(13)8-12(14)17/h8-10H,4-7,13H2,1-3H3,(H2,14,17)/b11-8+,15-9+. The zero-order valence-corrected chi connectivity index (χ0v) is 11.0. The summed E-state index contributed by atoms with van der Waals surface area (Å²) in [7, 11) is 1.68. The zero-order chi connectivity index (χ0) is 13.3. The second-order valence-corrected chi connectivity index (χ2v) is 4.23. The summed E-state index contributed by atoms with van der Waals surface area (Å²) in [6.07, 6.45) is 7.79. The Balaban J connectivity index is 4.09. The van der Waals surface area contributed by atoms with Crippen LogP contribution in [0.15, 0.2) is 17.0 Å². The molecule has 4 N–H and O–H groups in total. The van der Waals surface area contributed by atoms with Crippen molar-refractivity contribution in [1.29, 1.82) is 0 Å². The second kappa shape index (κ2) is 8.61. The SMILES string of the molecule is CCCCCC(C)/C=N/N(C)/C(N)=C/C(N)=O. The number of hydrazone groups is 1. The van der Waals surface area contributed by atoms with Crippen LogP contribution in [0.3, 0.4) is 0 Å². The van der Waals surface area contributed by atoms with Gasteiger partial charge in [-0.1, -0.05) is 33.1 Å². The Morgan fingerprint density at radius 1 is 1.41 bits per heavy atom. The number of nitrogens with two attached hydrogens (primary N) is 2. The monoisotopic (exact) mass is 240 g/mol. The van der Waals surface area contributed by atoms with Crippen LogP contribution in [0.5, 0.6) is 0 Å². The lowest BCUT2D eigenvalue weighted by molar-refractivity contribution is -0.113. The van der Waals surface area contributed by atoms with E-state index >= 15 is 0 Å². The van der Waals surface area contributed by atoms with E-state index in [0.29, 0.717) is 5.92 Å². The number of hydrogen-bond donors (Lipinski definition) is 2. The summed E-state index contributed by atoms with van der Waals surface area (Å²) in [6, 6.07) is 0. The second-order valence-electron chi connectivity index (χ2n) is 4.23. The van der Waals surface area contributed by atoms with Crippen LogP contribution in [0.4, 0.5) is 0 Å². The van der Waals surface area contributed by atoms with Gasteiger partial charge in [0.15, 0.2) is 0 Å². The van der Waals surface area contributed by atoms with Gasteiger partial charge in [-0.05, 0) is 12.3 Å². The van der Waals surface area contributed by atoms with E-state index in [9.17, 15) is 4.79 Å². The van der Waals surface area contributed by atoms with Crippen molar-refractivity contribution < 1.29 is 4.79 Å². The summed E-state index contributed by atoms with van der Waals surface area (Å²) in [5.41, 5.74) is 10.6. The van der Waals surface area contributed by atoms with Crippen LogP contribution < -0.4 is 11.5 Å². The zero-order valence-electron chi connectivity index (χ0n) is 11.0. The molecule has 0 aliphatic carbocycles. The maximum absolute atomic E-state index is 10.6. The maximum Gasteiger partial charge on any atom is 0.245 e. The van der Waals surface area contributed by atoms with Gasteiger partial charge >= 0.3 is 0 Å². The Hall–Kier alpha value is -1.52. The first-order valence-corrected chi connectivity index (χ1v) is 6.01. The molecule has 0 saturated carbocycles. The molecule has 0 rings (SSSR count). The molecule has 1 atom stereocenters. The van der Waals surface area contributed by atoms with Crippen LogP contribution in [-0.4, -0.2) is 24.2 Å². The van der Waals surface area contributed by atoms with Gasteiger partial charge in [-0.3, -0.25) is 9.80 Å². The lowest BCUT2D eigenvalue weighted by Gasteiger charge is -2.13. The van der Waals surface area contributed by atoms with E-state index in [1.807, 2.05) is 6.21 Å². The summed E-state index contributed by atoms with van der Waals surface area (Å²) >= 11 is 0. The van der Waals surface area contributed by atoms with Crippen molar-refractivity contribution in [3.8, 4) is 0 Å². The minimum Gasteiger partial charge on any atom is -0.384 e. The number of carbonyl (C=O) groups excluding carboxylic acids is 1. The molecule has 0 aliphatic heterocycles. The number of carbonyl (C=O) groups is 1. The average molecular weight is 240 g/mol. The molecule has 0 saturated heterocycles. The van der Waals surface area contributed by atoms with Crippen molar-refractivity contribution in [2.45, 2.75) is 39.5 Å². The Kier molecular flexibility index (Phi) is 7.84. The van der Waals surface area contributed by atoms with Gasteiger partial charge in [-0.2, -0.15) is 5.10 Å². The summed E-state index contributed by atoms with van der Waals surface area (Å²) in [5.74, 6) is 0.0837. The summed E-state index contributed by atoms with van der Waals surface area (Å²) in [4.78, 5) is 10.6. The maximum atomic E-state index is 10.6. The van der Waals surface area contributed by atoms with Crippen LogP contribution in [0.2, 0.25) is 0 Å². The fourth-order valence-corrected chi connectivity index (χ4v) is 1.31. The molecular weight excluding hydrogens is 216 g/mol. The first-order chi connectivity index (χ1) is 7.97. The van der Waals surface area contributed by atoms with Gasteiger partial charge in [0.2, 0.25) is 5.91 Å². The molecule has 1 unspecified atom stereocenters. The first-order valence-electron chi connectivity index (χ1n) is 6.01. The molecule has 0 aliphatic rings. The van der Waals surface area contributed by atoms with Crippen molar-refractivity contribution >= 4 is 12.1 Å². The third-order valence-electron chi connectivity index (χ3n) is 2.42. The molecule has 0 spiro atoms. The van der Waals surface area contributed by atoms with Gasteiger partial charge in [0, 0.05) is 19.3 Å². The highest BCUT2D eigenvalue weighted by Crippen LogP contribution is 2.07. The molecule has 0 heterocycles.